The molecule has 1 atom stereocenters. The molecule has 0 bridgehead atoms. The normalized spacial score (nSPS) is 12.2. The van der Waals surface area contributed by atoms with Gasteiger partial charge < -0.3 is 9.47 Å². The molecule has 156 valence electrons. The van der Waals surface area contributed by atoms with Crippen LogP contribution in [0.1, 0.15) is 24.0 Å². The number of nitro benzene ring substituents is 1. The van der Waals surface area contributed by atoms with E-state index in [0.717, 1.165) is 11.8 Å². The number of carbonyl (C=O) groups excluding carboxylic acids is 1. The van der Waals surface area contributed by atoms with Gasteiger partial charge in [-0.15, -0.1) is 0 Å². The van der Waals surface area contributed by atoms with E-state index in [1.165, 1.54) is 25.1 Å². The van der Waals surface area contributed by atoms with Crippen molar-refractivity contribution >= 4 is 21.8 Å². The van der Waals surface area contributed by atoms with Crippen molar-refractivity contribution in [3.8, 4) is 5.75 Å². The van der Waals surface area contributed by atoms with E-state index in [0.29, 0.717) is 0 Å². The average Bonchev–Trinajstić information content (AvgIpc) is 2.66. The zero-order valence-electron chi connectivity index (χ0n) is 15.9. The fourth-order valence-corrected chi connectivity index (χ4v) is 2.92. The summed E-state index contributed by atoms with van der Waals surface area (Å²) in [6.07, 6.45) is 0.866. The molecular formula is C19H21NO8S. The molecule has 0 amide bonds. The highest BCUT2D eigenvalue weighted by Crippen LogP contribution is 2.32. The lowest BCUT2D eigenvalue weighted by molar-refractivity contribution is -0.385. The molecule has 2 rings (SSSR count). The topological polar surface area (TPSA) is 122 Å². The summed E-state index contributed by atoms with van der Waals surface area (Å²) in [5.74, 6) is -1.17. The fourth-order valence-electron chi connectivity index (χ4n) is 2.51. The van der Waals surface area contributed by atoms with Crippen molar-refractivity contribution in [3.05, 3.63) is 69.8 Å². The lowest BCUT2D eigenvalue weighted by Gasteiger charge is -2.17. The molecule has 0 unspecified atom stereocenters. The molecule has 0 spiro atoms. The SMILES string of the molecule is CC(=O)OC[C@@H](COS(C)(=O)=O)c1ccc(OCc2ccccc2)cc1[N+](=O)[O-]. The standard InChI is InChI=1S/C19H21NO8S/c1-14(21)26-12-16(13-28-29(2,24)25)18-9-8-17(10-19(18)20(22)23)27-11-15-6-4-3-5-7-15/h3-10,16H,11-13H2,1-2H3/t16-/m0/s1. The number of hydrogen-bond donors (Lipinski definition) is 0. The van der Waals surface area contributed by atoms with Crippen LogP contribution < -0.4 is 4.74 Å². The van der Waals surface area contributed by atoms with E-state index >= 15 is 0 Å². The van der Waals surface area contributed by atoms with Gasteiger partial charge in [0.05, 0.1) is 23.9 Å². The van der Waals surface area contributed by atoms with Gasteiger partial charge in [-0.05, 0) is 17.7 Å². The van der Waals surface area contributed by atoms with Crippen molar-refractivity contribution in [2.75, 3.05) is 19.5 Å². The molecule has 0 heterocycles. The second kappa shape index (κ2) is 9.99. The summed E-state index contributed by atoms with van der Waals surface area (Å²) >= 11 is 0. The van der Waals surface area contributed by atoms with Crippen LogP contribution in [0.4, 0.5) is 5.69 Å². The van der Waals surface area contributed by atoms with E-state index in [2.05, 4.69) is 0 Å². The first-order valence-electron chi connectivity index (χ1n) is 8.58. The number of hydrogen-bond acceptors (Lipinski definition) is 8. The summed E-state index contributed by atoms with van der Waals surface area (Å²) in [4.78, 5) is 22.1. The van der Waals surface area contributed by atoms with Crippen LogP contribution in [0.3, 0.4) is 0 Å². The lowest BCUT2D eigenvalue weighted by Crippen LogP contribution is -2.19. The van der Waals surface area contributed by atoms with Gasteiger partial charge >= 0.3 is 5.97 Å². The first-order valence-corrected chi connectivity index (χ1v) is 10.4. The maximum atomic E-state index is 11.6. The average molecular weight is 423 g/mol. The van der Waals surface area contributed by atoms with Crippen LogP contribution >= 0.6 is 0 Å². The van der Waals surface area contributed by atoms with Crippen molar-refractivity contribution in [1.29, 1.82) is 0 Å². The zero-order chi connectivity index (χ0) is 21.4. The quantitative estimate of drug-likeness (QED) is 0.247. The smallest absolute Gasteiger partial charge is 0.302 e. The van der Waals surface area contributed by atoms with E-state index in [9.17, 15) is 23.3 Å². The second-order valence-electron chi connectivity index (χ2n) is 6.24. The third-order valence-electron chi connectivity index (χ3n) is 3.86. The van der Waals surface area contributed by atoms with Gasteiger partial charge in [0.25, 0.3) is 15.8 Å². The Morgan fingerprint density at radius 3 is 2.41 bits per heavy atom. The van der Waals surface area contributed by atoms with Crippen molar-refractivity contribution in [1.82, 2.24) is 0 Å². The van der Waals surface area contributed by atoms with E-state index in [1.807, 2.05) is 30.3 Å². The summed E-state index contributed by atoms with van der Waals surface area (Å²) in [6.45, 7) is 0.738. The molecule has 2 aromatic rings. The van der Waals surface area contributed by atoms with E-state index in [1.54, 1.807) is 0 Å². The fraction of sp³-hybridized carbons (Fsp3) is 0.316. The number of nitro groups is 1. The van der Waals surface area contributed by atoms with Crippen molar-refractivity contribution in [3.63, 3.8) is 0 Å². The first kappa shape index (κ1) is 22.3. The Hall–Kier alpha value is -2.98. The summed E-state index contributed by atoms with van der Waals surface area (Å²) in [6, 6.07) is 13.5. The summed E-state index contributed by atoms with van der Waals surface area (Å²) in [5.41, 5.74) is 0.783. The molecule has 0 aromatic heterocycles. The molecule has 29 heavy (non-hydrogen) atoms. The third-order valence-corrected chi connectivity index (χ3v) is 4.42. The Balaban J connectivity index is 2.26. The van der Waals surface area contributed by atoms with Gasteiger partial charge in [-0.2, -0.15) is 8.42 Å². The van der Waals surface area contributed by atoms with E-state index < -0.39 is 33.5 Å². The Morgan fingerprint density at radius 2 is 1.83 bits per heavy atom. The van der Waals surface area contributed by atoms with Gasteiger partial charge in [-0.25, -0.2) is 0 Å². The Kier molecular flexibility index (Phi) is 7.68. The minimum absolute atomic E-state index is 0.173. The minimum Gasteiger partial charge on any atom is -0.489 e. The molecule has 10 heteroatoms. The number of esters is 1. The highest BCUT2D eigenvalue weighted by Gasteiger charge is 2.26. The maximum Gasteiger partial charge on any atom is 0.302 e. The highest BCUT2D eigenvalue weighted by atomic mass is 32.2. The molecule has 0 fully saturated rings. The monoisotopic (exact) mass is 423 g/mol. The molecule has 0 N–H and O–H groups in total. The molecule has 9 nitrogen and oxygen atoms in total. The second-order valence-corrected chi connectivity index (χ2v) is 7.88. The molecule has 2 aromatic carbocycles. The predicted octanol–water partition coefficient (Wildman–Crippen LogP) is 2.80. The van der Waals surface area contributed by atoms with Crippen LogP contribution in [-0.4, -0.2) is 38.8 Å². The molecule has 0 saturated heterocycles. The van der Waals surface area contributed by atoms with Crippen molar-refractivity contribution in [2.24, 2.45) is 0 Å². The number of nitrogens with zero attached hydrogens (tertiary/aromatic N) is 1. The van der Waals surface area contributed by atoms with Gasteiger partial charge in [-0.3, -0.25) is 19.1 Å². The van der Waals surface area contributed by atoms with Crippen molar-refractivity contribution < 1.29 is 31.8 Å². The zero-order valence-corrected chi connectivity index (χ0v) is 16.8. The molecule has 0 aliphatic heterocycles. The van der Waals surface area contributed by atoms with Crippen LogP contribution in [0.2, 0.25) is 0 Å². The van der Waals surface area contributed by atoms with Crippen LogP contribution in [-0.2, 0) is 30.4 Å². The highest BCUT2D eigenvalue weighted by molar-refractivity contribution is 7.85. The summed E-state index contributed by atoms with van der Waals surface area (Å²) < 4.78 is 37.9. The van der Waals surface area contributed by atoms with E-state index in [4.69, 9.17) is 13.7 Å². The third kappa shape index (κ3) is 7.51. The Bertz CT molecular complexity index is 959. The minimum atomic E-state index is -3.78. The molecule has 0 radical (unpaired) electrons. The van der Waals surface area contributed by atoms with Gasteiger partial charge in [0.2, 0.25) is 0 Å². The van der Waals surface area contributed by atoms with Gasteiger partial charge in [-0.1, -0.05) is 30.3 Å². The number of ether oxygens (including phenoxy) is 2. The van der Waals surface area contributed by atoms with Gasteiger partial charge in [0.1, 0.15) is 19.0 Å². The number of rotatable bonds is 10. The predicted molar refractivity (Wildman–Crippen MR) is 104 cm³/mol. The van der Waals surface area contributed by atoms with Crippen LogP contribution in [0.25, 0.3) is 0 Å². The molecule has 0 aliphatic rings. The largest absolute Gasteiger partial charge is 0.489 e. The van der Waals surface area contributed by atoms with Gasteiger partial charge in [0, 0.05) is 18.4 Å². The molecular weight excluding hydrogens is 402 g/mol. The van der Waals surface area contributed by atoms with Crippen LogP contribution in [0.15, 0.2) is 48.5 Å². The summed E-state index contributed by atoms with van der Waals surface area (Å²) in [7, 11) is -3.78. The first-order chi connectivity index (χ1) is 13.7. The number of carbonyl (C=O) groups is 1. The van der Waals surface area contributed by atoms with Crippen molar-refractivity contribution in [2.45, 2.75) is 19.4 Å². The van der Waals surface area contributed by atoms with Gasteiger partial charge in [0.15, 0.2) is 0 Å². The lowest BCUT2D eigenvalue weighted by atomic mass is 9.98. The van der Waals surface area contributed by atoms with E-state index in [-0.39, 0.29) is 30.2 Å². The maximum absolute atomic E-state index is 11.6. The molecule has 0 saturated carbocycles. The van der Waals surface area contributed by atoms with Crippen LogP contribution in [0.5, 0.6) is 5.75 Å². The number of benzene rings is 2. The summed E-state index contributed by atoms with van der Waals surface area (Å²) in [5, 5.41) is 11.6. The Labute approximate surface area is 168 Å². The molecule has 0 aliphatic carbocycles. The van der Waals surface area contributed by atoms with Crippen LogP contribution in [0, 0.1) is 10.1 Å². The Morgan fingerprint density at radius 1 is 1.14 bits per heavy atom.